The first-order chi connectivity index (χ1) is 8.15. The van der Waals surface area contributed by atoms with Gasteiger partial charge in [-0.05, 0) is 25.8 Å². The molecule has 1 rings (SSSR count). The number of carbonyl (C=O) groups excluding carboxylic acids is 1. The first-order valence-electron chi connectivity index (χ1n) is 5.83. The molecule has 17 heavy (non-hydrogen) atoms. The second-order valence-corrected chi connectivity index (χ2v) is 3.99. The molecule has 0 aliphatic rings. The lowest BCUT2D eigenvalue weighted by Crippen LogP contribution is -2.13. The van der Waals surface area contributed by atoms with Crippen molar-refractivity contribution in [3.63, 3.8) is 0 Å². The van der Waals surface area contributed by atoms with E-state index in [4.69, 9.17) is 5.11 Å². The van der Waals surface area contributed by atoms with Crippen molar-refractivity contribution in [2.75, 3.05) is 11.9 Å². The van der Waals surface area contributed by atoms with Crippen molar-refractivity contribution in [2.24, 2.45) is 0 Å². The monoisotopic (exact) mass is 237 g/mol. The van der Waals surface area contributed by atoms with Gasteiger partial charge in [-0.3, -0.25) is 4.79 Å². The fraction of sp³-hybridized carbons (Fsp3) is 0.462. The van der Waals surface area contributed by atoms with Crippen LogP contribution in [0.3, 0.4) is 0 Å². The van der Waals surface area contributed by atoms with Crippen LogP contribution in [0.2, 0.25) is 0 Å². The van der Waals surface area contributed by atoms with Crippen LogP contribution in [0.15, 0.2) is 24.3 Å². The average Bonchev–Trinajstić information content (AvgIpc) is 2.29. The summed E-state index contributed by atoms with van der Waals surface area (Å²) in [5.74, 6) is -0.0912. The molecule has 0 fully saturated rings. The minimum Gasteiger partial charge on any atom is -0.396 e. The minimum absolute atomic E-state index is 0.0912. The van der Waals surface area contributed by atoms with Crippen molar-refractivity contribution in [3.8, 4) is 0 Å². The molecule has 94 valence electrons. The van der Waals surface area contributed by atoms with Crippen molar-refractivity contribution in [1.82, 2.24) is 0 Å². The van der Waals surface area contributed by atoms with Gasteiger partial charge in [-0.1, -0.05) is 18.2 Å². The lowest BCUT2D eigenvalue weighted by atomic mass is 10.1. The maximum Gasteiger partial charge on any atom is 0.224 e. The van der Waals surface area contributed by atoms with Crippen LogP contribution < -0.4 is 5.32 Å². The van der Waals surface area contributed by atoms with Gasteiger partial charge in [0.1, 0.15) is 0 Å². The van der Waals surface area contributed by atoms with Gasteiger partial charge in [0.2, 0.25) is 5.91 Å². The molecule has 0 aliphatic carbocycles. The average molecular weight is 237 g/mol. The van der Waals surface area contributed by atoms with Crippen LogP contribution >= 0.6 is 0 Å². The smallest absolute Gasteiger partial charge is 0.224 e. The number of benzene rings is 1. The molecule has 0 aliphatic heterocycles. The molecule has 0 spiro atoms. The second-order valence-electron chi connectivity index (χ2n) is 3.99. The number of hydrogen-bond donors (Lipinski definition) is 3. The molecule has 0 bridgehead atoms. The number of nitrogens with one attached hydrogen (secondary N) is 1. The Hall–Kier alpha value is -1.39. The highest BCUT2D eigenvalue weighted by atomic mass is 16.3. The van der Waals surface area contributed by atoms with E-state index in [-0.39, 0.29) is 12.5 Å². The Kier molecular flexibility index (Phi) is 5.66. The Morgan fingerprint density at radius 3 is 2.71 bits per heavy atom. The molecule has 0 saturated heterocycles. The standard InChI is InChI=1S/C13H19NO3/c1-10(16)11-6-2-3-7-12(11)14-13(17)8-4-5-9-15/h2-3,6-7,10,15-16H,4-5,8-9H2,1H3,(H,14,17). The molecule has 3 N–H and O–H groups in total. The summed E-state index contributed by atoms with van der Waals surface area (Å²) in [6.07, 6.45) is 1.07. The molecule has 0 heterocycles. The molecule has 4 nitrogen and oxygen atoms in total. The second kappa shape index (κ2) is 7.04. The summed E-state index contributed by atoms with van der Waals surface area (Å²) in [6.45, 7) is 1.77. The predicted octanol–water partition coefficient (Wildman–Crippen LogP) is 1.84. The fourth-order valence-electron chi connectivity index (χ4n) is 1.59. The number of unbranched alkanes of at least 4 members (excludes halogenated alkanes) is 1. The molecule has 1 aromatic carbocycles. The van der Waals surface area contributed by atoms with Gasteiger partial charge in [-0.2, -0.15) is 0 Å². The number of para-hydroxylation sites is 1. The van der Waals surface area contributed by atoms with Crippen LogP contribution in [0.5, 0.6) is 0 Å². The van der Waals surface area contributed by atoms with Crippen LogP contribution in [0, 0.1) is 0 Å². The molecule has 0 saturated carbocycles. The minimum atomic E-state index is -0.607. The van der Waals surface area contributed by atoms with Gasteiger partial charge in [0.05, 0.1) is 6.10 Å². The summed E-state index contributed by atoms with van der Waals surface area (Å²) >= 11 is 0. The number of rotatable bonds is 6. The van der Waals surface area contributed by atoms with Crippen molar-refractivity contribution >= 4 is 11.6 Å². The first kappa shape index (κ1) is 13.7. The van der Waals surface area contributed by atoms with E-state index in [0.717, 1.165) is 0 Å². The van der Waals surface area contributed by atoms with E-state index < -0.39 is 6.10 Å². The van der Waals surface area contributed by atoms with Gasteiger partial charge in [0.25, 0.3) is 0 Å². The maximum atomic E-state index is 11.6. The van der Waals surface area contributed by atoms with Crippen molar-refractivity contribution in [3.05, 3.63) is 29.8 Å². The van der Waals surface area contributed by atoms with Crippen LogP contribution in [0.1, 0.15) is 37.9 Å². The van der Waals surface area contributed by atoms with Gasteiger partial charge in [-0.15, -0.1) is 0 Å². The number of aliphatic hydroxyl groups excluding tert-OH is 2. The summed E-state index contributed by atoms with van der Waals surface area (Å²) in [5.41, 5.74) is 1.36. The molecule has 1 unspecified atom stereocenters. The van der Waals surface area contributed by atoms with Crippen molar-refractivity contribution in [2.45, 2.75) is 32.3 Å². The van der Waals surface area contributed by atoms with E-state index in [0.29, 0.717) is 30.5 Å². The highest BCUT2D eigenvalue weighted by molar-refractivity contribution is 5.91. The summed E-state index contributed by atoms with van der Waals surface area (Å²) in [6, 6.07) is 7.19. The Labute approximate surface area is 101 Å². The first-order valence-corrected chi connectivity index (χ1v) is 5.83. The third-order valence-corrected chi connectivity index (χ3v) is 2.50. The van der Waals surface area contributed by atoms with Gasteiger partial charge < -0.3 is 15.5 Å². The van der Waals surface area contributed by atoms with E-state index in [1.165, 1.54) is 0 Å². The molecular weight excluding hydrogens is 218 g/mol. The number of hydrogen-bond acceptors (Lipinski definition) is 3. The predicted molar refractivity (Wildman–Crippen MR) is 66.6 cm³/mol. The van der Waals surface area contributed by atoms with Crippen LogP contribution in [0.4, 0.5) is 5.69 Å². The molecule has 1 aromatic rings. The molecule has 1 amide bonds. The topological polar surface area (TPSA) is 69.6 Å². The van der Waals surface area contributed by atoms with Crippen molar-refractivity contribution < 1.29 is 15.0 Å². The number of anilines is 1. The lowest BCUT2D eigenvalue weighted by Gasteiger charge is -2.12. The quantitative estimate of drug-likeness (QED) is 0.661. The zero-order valence-electron chi connectivity index (χ0n) is 10.0. The Bertz CT molecular complexity index is 363. The Balaban J connectivity index is 2.58. The number of carbonyl (C=O) groups is 1. The summed E-state index contributed by atoms with van der Waals surface area (Å²) in [7, 11) is 0. The van der Waals surface area contributed by atoms with E-state index >= 15 is 0 Å². The van der Waals surface area contributed by atoms with Gasteiger partial charge in [0, 0.05) is 24.3 Å². The molecule has 4 heteroatoms. The lowest BCUT2D eigenvalue weighted by molar-refractivity contribution is -0.116. The summed E-state index contributed by atoms with van der Waals surface area (Å²) in [5, 5.41) is 20.9. The van der Waals surface area contributed by atoms with Crippen LogP contribution in [-0.4, -0.2) is 22.7 Å². The van der Waals surface area contributed by atoms with Gasteiger partial charge in [-0.25, -0.2) is 0 Å². The maximum absolute atomic E-state index is 11.6. The third kappa shape index (κ3) is 4.54. The molecule has 1 atom stereocenters. The molecule has 0 radical (unpaired) electrons. The molecule has 0 aromatic heterocycles. The van der Waals surface area contributed by atoms with E-state index in [2.05, 4.69) is 5.32 Å². The summed E-state index contributed by atoms with van der Waals surface area (Å²) < 4.78 is 0. The Morgan fingerprint density at radius 2 is 2.06 bits per heavy atom. The van der Waals surface area contributed by atoms with Crippen LogP contribution in [0.25, 0.3) is 0 Å². The number of aliphatic hydroxyl groups is 2. The van der Waals surface area contributed by atoms with E-state index in [9.17, 15) is 9.90 Å². The fourth-order valence-corrected chi connectivity index (χ4v) is 1.59. The van der Waals surface area contributed by atoms with Gasteiger partial charge >= 0.3 is 0 Å². The molecular formula is C13H19NO3. The number of amides is 1. The Morgan fingerprint density at radius 1 is 1.35 bits per heavy atom. The third-order valence-electron chi connectivity index (χ3n) is 2.50. The zero-order chi connectivity index (χ0) is 12.7. The SMILES string of the molecule is CC(O)c1ccccc1NC(=O)CCCCO. The highest BCUT2D eigenvalue weighted by Crippen LogP contribution is 2.22. The summed E-state index contributed by atoms with van der Waals surface area (Å²) in [4.78, 5) is 11.6. The largest absolute Gasteiger partial charge is 0.396 e. The van der Waals surface area contributed by atoms with Crippen molar-refractivity contribution in [1.29, 1.82) is 0 Å². The highest BCUT2D eigenvalue weighted by Gasteiger charge is 2.09. The van der Waals surface area contributed by atoms with E-state index in [1.807, 2.05) is 12.1 Å². The van der Waals surface area contributed by atoms with Crippen LogP contribution in [-0.2, 0) is 4.79 Å². The zero-order valence-corrected chi connectivity index (χ0v) is 10.0. The van der Waals surface area contributed by atoms with E-state index in [1.54, 1.807) is 19.1 Å². The normalized spacial score (nSPS) is 12.2. The van der Waals surface area contributed by atoms with Gasteiger partial charge in [0.15, 0.2) is 0 Å².